The first-order valence-corrected chi connectivity index (χ1v) is 33.3. The van der Waals surface area contributed by atoms with Gasteiger partial charge >= 0.3 is 17.9 Å². The first-order chi connectivity index (χ1) is 42.4. The van der Waals surface area contributed by atoms with E-state index in [1.54, 1.807) is 48.8 Å². The van der Waals surface area contributed by atoms with Gasteiger partial charge in [0.2, 0.25) is 47.3 Å². The van der Waals surface area contributed by atoms with E-state index < -0.39 is 36.0 Å². The summed E-state index contributed by atoms with van der Waals surface area (Å²) in [4.78, 5) is 130. The van der Waals surface area contributed by atoms with Crippen molar-refractivity contribution in [3.05, 3.63) is 29.8 Å². The minimum absolute atomic E-state index is 0.0556. The molecule has 0 radical (unpaired) electrons. The number of likely N-dealkylation sites (tertiary alicyclic amines) is 4. The number of thioether (sulfide) groups is 2. The lowest BCUT2D eigenvalue weighted by molar-refractivity contribution is -0.141. The van der Waals surface area contributed by atoms with Crippen LogP contribution in [0.5, 0.6) is 0 Å². The summed E-state index contributed by atoms with van der Waals surface area (Å²) in [5, 5.41) is 55.9. The average Bonchev–Trinajstić information content (AvgIpc) is 3.98. The predicted octanol–water partition coefficient (Wildman–Crippen LogP) is 5.79. The van der Waals surface area contributed by atoms with Crippen molar-refractivity contribution in [2.24, 2.45) is 11.8 Å². The number of rotatable bonds is 34. The fraction of sp³-hybridized carbons (Fsp3) is 0.656. The maximum Gasteiger partial charge on any atom is 0.320 e. The molecule has 0 spiro atoms. The van der Waals surface area contributed by atoms with Crippen molar-refractivity contribution in [2.75, 3.05) is 71.7 Å². The van der Waals surface area contributed by atoms with Gasteiger partial charge in [-0.2, -0.15) is 0 Å². The van der Waals surface area contributed by atoms with E-state index in [0.717, 1.165) is 67.0 Å². The van der Waals surface area contributed by atoms with Gasteiger partial charge in [-0.05, 0) is 172 Å². The van der Waals surface area contributed by atoms with Crippen LogP contribution in [0.4, 0.5) is 5.69 Å². The van der Waals surface area contributed by atoms with Gasteiger partial charge in [0.05, 0.1) is 10.5 Å². The zero-order valence-corrected chi connectivity index (χ0v) is 57.1. The highest BCUT2D eigenvalue weighted by atomic mass is 32.2. The highest BCUT2D eigenvalue weighted by Gasteiger charge is 2.39. The molecule has 4 aliphatic heterocycles. The number of thiocarbonyl (C=S) groups is 2. The molecule has 504 valence electrons. The summed E-state index contributed by atoms with van der Waals surface area (Å²) in [5.74, 6) is -2.02. The van der Waals surface area contributed by atoms with Crippen LogP contribution >= 0.6 is 48.0 Å². The molecule has 7 atom stereocenters. The van der Waals surface area contributed by atoms with Crippen LogP contribution < -0.4 is 26.6 Å². The summed E-state index contributed by atoms with van der Waals surface area (Å²) in [7, 11) is 7.93. The molecule has 1 aromatic carbocycles. The van der Waals surface area contributed by atoms with Gasteiger partial charge in [-0.3, -0.25) is 72.3 Å². The second kappa shape index (κ2) is 44.4. The topological polar surface area (TPSA) is 369 Å². The Labute approximate surface area is 549 Å². The highest BCUT2D eigenvalue weighted by molar-refractivity contribution is 8.00. The van der Waals surface area contributed by atoms with Crippen LogP contribution in [0.2, 0.25) is 0 Å². The summed E-state index contributed by atoms with van der Waals surface area (Å²) in [5.41, 5.74) is 3.41. The molecule has 4 saturated heterocycles. The number of carbonyl (C=O) groups excluding carboxylic acids is 8. The van der Waals surface area contributed by atoms with Crippen molar-refractivity contribution < 1.29 is 68.1 Å². The van der Waals surface area contributed by atoms with Crippen LogP contribution in [0.3, 0.4) is 0 Å². The number of amides is 8. The van der Waals surface area contributed by atoms with Crippen LogP contribution in [0.1, 0.15) is 149 Å². The molecule has 1 aromatic rings. The molecule has 0 aliphatic carbocycles. The SMILES string of the molecule is CC(=N)CCCSC1CC(=O)N(C)C1=O.CC1CC(=O)N(C)C1=O.CN[C@@H](CCCCN1C(=O)CC(C)C1=O)C(=O)O.CN[C@@H](CCCCN1C(=O)CC(SCCCC(C)=N)C1=O)C(=O)O.CN[C@@H](CCCCNC(=S)Nc1ccc(CC(C)=S)cc1)C(=O)O. The quantitative estimate of drug-likeness (QED) is 0.0169. The number of hydrogen-bond acceptors (Lipinski definition) is 20. The Hall–Kier alpha value is -6.11. The molecule has 4 unspecified atom stereocenters. The van der Waals surface area contributed by atoms with Gasteiger partial charge in [-0.1, -0.05) is 38.2 Å². The van der Waals surface area contributed by atoms with Gasteiger partial charge in [0.25, 0.3) is 0 Å². The molecule has 5 rings (SSSR count). The van der Waals surface area contributed by atoms with E-state index in [0.29, 0.717) is 100 Å². The number of imide groups is 4. The zero-order valence-electron chi connectivity index (χ0n) is 53.9. The van der Waals surface area contributed by atoms with E-state index in [4.69, 9.17) is 50.6 Å². The zero-order chi connectivity index (χ0) is 68.2. The second-order valence-corrected chi connectivity index (χ2v) is 26.2. The van der Waals surface area contributed by atoms with Gasteiger partial charge in [0, 0.05) is 94.8 Å². The number of carboxylic acids is 3. The highest BCUT2D eigenvalue weighted by Crippen LogP contribution is 2.27. The standard InChI is InChI=1S/C17H25N3O2S2.C16H27N3O4S.C12H20N2O4.C10H16N2O2S.C6H9NO2/c1-12(23)11-13-6-8-14(9-7-13)20-17(24)19-10-4-3-5-15(18-2)16(21)22;1-11(17)6-5-9-24-13-10-14(20)19(15(13)21)8-4-3-7-12(18-2)16(22)23;1-8-7-10(15)14(11(8)16)6-4-3-5-9(13-2)12(17)18;1-7(11)4-3-5-15-8-6-9(13)12(2)10(8)14;1-4-3-5(8)7(2)6(4)9/h6-9,15,18H,3-5,10-11H2,1-2H3,(H,21,22)(H2,19,20,24);12-13,17-18H,3-10H2,1-2H3,(H,22,23);8-9,13H,3-7H2,1-2H3,(H,17,18);8,11H,3-6H2,1-2H3;4H,3H2,1-2H3/t15-;12-,13?;8?,9-;;/m000../s1. The molecule has 8 amide bonds. The Balaban J connectivity index is 0.000000580. The van der Waals surface area contributed by atoms with E-state index in [-0.39, 0.29) is 76.0 Å². The number of anilines is 1. The van der Waals surface area contributed by atoms with Crippen LogP contribution in [0, 0.1) is 22.7 Å². The van der Waals surface area contributed by atoms with E-state index >= 15 is 0 Å². The first-order valence-electron chi connectivity index (χ1n) is 30.3. The largest absolute Gasteiger partial charge is 0.480 e. The number of unbranched alkanes of at least 4 members (excludes halogenated alkanes) is 3. The van der Waals surface area contributed by atoms with Crippen molar-refractivity contribution in [2.45, 2.75) is 179 Å². The molecule has 0 aromatic heterocycles. The number of nitrogens with one attached hydrogen (secondary N) is 7. The minimum atomic E-state index is -0.887. The van der Waals surface area contributed by atoms with Crippen molar-refractivity contribution in [3.8, 4) is 0 Å². The van der Waals surface area contributed by atoms with Crippen molar-refractivity contribution >= 4 is 140 Å². The van der Waals surface area contributed by atoms with Crippen molar-refractivity contribution in [1.82, 2.24) is 40.9 Å². The molecule has 10 N–H and O–H groups in total. The lowest BCUT2D eigenvalue weighted by atomic mass is 10.1. The van der Waals surface area contributed by atoms with Gasteiger partial charge in [0.15, 0.2) is 5.11 Å². The molecule has 90 heavy (non-hydrogen) atoms. The molecular weight excluding hydrogens is 1240 g/mol. The molecule has 4 aliphatic rings. The number of likely N-dealkylation sites (N-methyl/N-ethyl adjacent to an activating group) is 3. The van der Waals surface area contributed by atoms with E-state index in [9.17, 15) is 52.7 Å². The fourth-order valence-electron chi connectivity index (χ4n) is 9.27. The van der Waals surface area contributed by atoms with Crippen LogP contribution in [0.25, 0.3) is 0 Å². The van der Waals surface area contributed by atoms with E-state index in [2.05, 4.69) is 26.6 Å². The van der Waals surface area contributed by atoms with Crippen LogP contribution in [-0.4, -0.2) is 216 Å². The summed E-state index contributed by atoms with van der Waals surface area (Å²) < 4.78 is 0. The van der Waals surface area contributed by atoms with Crippen LogP contribution in [0.15, 0.2) is 24.3 Å². The number of aliphatic carboxylic acids is 3. The third-order valence-corrected chi connectivity index (χ3v) is 17.7. The maximum absolute atomic E-state index is 12.3. The lowest BCUT2D eigenvalue weighted by Crippen LogP contribution is -2.34. The molecule has 4 fully saturated rings. The summed E-state index contributed by atoms with van der Waals surface area (Å²) >= 11 is 13.4. The van der Waals surface area contributed by atoms with E-state index in [1.807, 2.05) is 31.2 Å². The monoisotopic (exact) mass is 1340 g/mol. The average molecular weight is 1340 g/mol. The Morgan fingerprint density at radius 3 is 1.30 bits per heavy atom. The normalized spacial score (nSPS) is 18.7. The molecule has 0 saturated carbocycles. The Bertz CT molecular complexity index is 2630. The van der Waals surface area contributed by atoms with Crippen LogP contribution in [-0.2, 0) is 59.2 Å². The number of benzene rings is 1. The Kier molecular flexibility index (Phi) is 40.4. The molecule has 29 heteroatoms. The fourth-order valence-corrected chi connectivity index (χ4v) is 11.9. The summed E-state index contributed by atoms with van der Waals surface area (Å²) in [6.45, 7) is 10.5. The number of hydrogen-bond donors (Lipinski definition) is 10. The Morgan fingerprint density at radius 1 is 0.556 bits per heavy atom. The van der Waals surface area contributed by atoms with Gasteiger partial charge in [-0.25, -0.2) is 0 Å². The second-order valence-electron chi connectivity index (χ2n) is 22.4. The predicted molar refractivity (Wildman–Crippen MR) is 359 cm³/mol. The summed E-state index contributed by atoms with van der Waals surface area (Å²) in [6.07, 6.45) is 11.2. The van der Waals surface area contributed by atoms with Gasteiger partial charge < -0.3 is 52.7 Å². The number of nitrogens with zero attached hydrogens (tertiary/aromatic N) is 4. The lowest BCUT2D eigenvalue weighted by Gasteiger charge is -2.16. The number of carbonyl (C=O) groups is 11. The Morgan fingerprint density at radius 2 is 0.944 bits per heavy atom. The third kappa shape index (κ3) is 31.8. The van der Waals surface area contributed by atoms with E-state index in [1.165, 1.54) is 62.8 Å². The molecule has 0 bridgehead atoms. The van der Waals surface area contributed by atoms with Crippen molar-refractivity contribution in [3.63, 3.8) is 0 Å². The van der Waals surface area contributed by atoms with Crippen molar-refractivity contribution in [1.29, 1.82) is 10.8 Å². The first kappa shape index (κ1) is 81.9. The third-order valence-electron chi connectivity index (χ3n) is 14.7. The molecule has 4 heterocycles. The molecule has 25 nitrogen and oxygen atoms in total. The number of carboxylic acid groups (broad SMARTS) is 3. The van der Waals surface area contributed by atoms with Gasteiger partial charge in [0.1, 0.15) is 18.1 Å². The summed E-state index contributed by atoms with van der Waals surface area (Å²) in [6, 6.07) is 6.39. The smallest absolute Gasteiger partial charge is 0.320 e. The van der Waals surface area contributed by atoms with Gasteiger partial charge in [-0.15, -0.1) is 23.5 Å². The minimum Gasteiger partial charge on any atom is -0.480 e. The molecular formula is C61H97N11O14S4. The maximum atomic E-state index is 12.3.